The standard InChI is InChI=1S/C6H12O2S2.Sn.2H/c1-4(2)6(7)8-3-5(9)10;;;/h4-5,9-10H,3H2,1-2H3;;;. The second-order valence-corrected chi connectivity index (χ2v) is 3.92. The molecule has 0 amide bonds. The molecule has 0 heterocycles. The van der Waals surface area contributed by atoms with Crippen molar-refractivity contribution in [3.8, 4) is 0 Å². The number of rotatable bonds is 3. The van der Waals surface area contributed by atoms with Gasteiger partial charge in [-0.25, -0.2) is 0 Å². The average molecular weight is 301 g/mol. The molecule has 2 nitrogen and oxygen atoms in total. The molecule has 0 fully saturated rings. The first kappa shape index (κ1) is 14.5. The molecule has 11 heavy (non-hydrogen) atoms. The Labute approximate surface area is 95.2 Å². The number of hydrogen-bond acceptors (Lipinski definition) is 4. The Kier molecular flexibility index (Phi) is 10.0. The zero-order valence-corrected chi connectivity index (χ0v) is 12.6. The molecule has 0 aromatic heterocycles. The van der Waals surface area contributed by atoms with E-state index in [2.05, 4.69) is 25.3 Å². The fourth-order valence-corrected chi connectivity index (χ4v) is 0.472. The van der Waals surface area contributed by atoms with Gasteiger partial charge in [0.15, 0.2) is 0 Å². The molecule has 0 saturated heterocycles. The Morgan fingerprint density at radius 3 is 2.18 bits per heavy atom. The zero-order chi connectivity index (χ0) is 8.15. The second-order valence-electron chi connectivity index (χ2n) is 2.27. The predicted octanol–water partition coefficient (Wildman–Crippen LogP) is 0.455. The summed E-state index contributed by atoms with van der Waals surface area (Å²) in [6.07, 6.45) is 0. The van der Waals surface area contributed by atoms with Crippen LogP contribution < -0.4 is 0 Å². The molecular formula is C6H14O2S2Sn. The van der Waals surface area contributed by atoms with Crippen molar-refractivity contribution in [2.75, 3.05) is 6.61 Å². The fourth-order valence-electron chi connectivity index (χ4n) is 0.323. The molecular weight excluding hydrogens is 287 g/mol. The summed E-state index contributed by atoms with van der Waals surface area (Å²) in [5.74, 6) is -0.270. The van der Waals surface area contributed by atoms with Crippen molar-refractivity contribution in [3.05, 3.63) is 0 Å². The van der Waals surface area contributed by atoms with Crippen LogP contribution in [0.2, 0.25) is 0 Å². The van der Waals surface area contributed by atoms with Crippen molar-refractivity contribution >= 4 is 55.1 Å². The van der Waals surface area contributed by atoms with E-state index in [9.17, 15) is 4.79 Å². The summed E-state index contributed by atoms with van der Waals surface area (Å²) < 4.78 is 4.60. The van der Waals surface area contributed by atoms with E-state index in [1.54, 1.807) is 13.8 Å². The first-order valence-electron chi connectivity index (χ1n) is 3.06. The summed E-state index contributed by atoms with van der Waals surface area (Å²) in [7, 11) is 0. The van der Waals surface area contributed by atoms with Gasteiger partial charge in [-0.3, -0.25) is 4.79 Å². The molecule has 0 spiro atoms. The van der Waals surface area contributed by atoms with Crippen LogP contribution in [-0.4, -0.2) is 41.1 Å². The van der Waals surface area contributed by atoms with Gasteiger partial charge in [-0.15, -0.1) is 0 Å². The van der Waals surface area contributed by atoms with Crippen molar-refractivity contribution in [1.29, 1.82) is 0 Å². The molecule has 0 unspecified atom stereocenters. The van der Waals surface area contributed by atoms with Gasteiger partial charge in [0.05, 0.1) is 10.5 Å². The van der Waals surface area contributed by atoms with Crippen molar-refractivity contribution in [2.45, 2.75) is 18.4 Å². The van der Waals surface area contributed by atoms with Crippen LogP contribution in [0.4, 0.5) is 0 Å². The number of hydrogen-bond donors (Lipinski definition) is 2. The molecule has 0 aromatic carbocycles. The van der Waals surface area contributed by atoms with Gasteiger partial charge < -0.3 is 4.74 Å². The summed E-state index contributed by atoms with van der Waals surface area (Å²) in [6, 6.07) is 0. The Bertz CT molecular complexity index is 117. The van der Waals surface area contributed by atoms with Crippen molar-refractivity contribution in [2.24, 2.45) is 5.92 Å². The van der Waals surface area contributed by atoms with E-state index in [1.807, 2.05) is 0 Å². The molecule has 0 bridgehead atoms. The third-order valence-corrected chi connectivity index (χ3v) is 1.14. The van der Waals surface area contributed by atoms with Crippen LogP contribution in [0.25, 0.3) is 0 Å². The number of carbonyl (C=O) groups excluding carboxylic acids is 1. The monoisotopic (exact) mass is 302 g/mol. The van der Waals surface area contributed by atoms with Crippen LogP contribution in [0.1, 0.15) is 13.8 Å². The second kappa shape index (κ2) is 7.61. The minimum atomic E-state index is -0.201. The minimum absolute atomic E-state index is 0. The third kappa shape index (κ3) is 8.88. The molecule has 0 rings (SSSR count). The predicted molar refractivity (Wildman–Crippen MR) is 56.1 cm³/mol. The number of esters is 1. The number of ether oxygens (including phenoxy) is 1. The molecule has 0 aliphatic carbocycles. The molecule has 0 aromatic rings. The Morgan fingerprint density at radius 2 is 1.91 bits per heavy atom. The molecule has 0 atom stereocenters. The van der Waals surface area contributed by atoms with Crippen molar-refractivity contribution < 1.29 is 9.53 Å². The summed E-state index contributed by atoms with van der Waals surface area (Å²) in [4.78, 5) is 10.8. The topological polar surface area (TPSA) is 26.3 Å². The molecule has 66 valence electrons. The molecule has 0 saturated carbocycles. The van der Waals surface area contributed by atoms with Gasteiger partial charge in [0.2, 0.25) is 0 Å². The Hall–Kier alpha value is 0.969. The van der Waals surface area contributed by atoms with Crippen LogP contribution >= 0.6 is 25.3 Å². The van der Waals surface area contributed by atoms with E-state index in [0.717, 1.165) is 0 Å². The Balaban J connectivity index is 0. The van der Waals surface area contributed by atoms with Crippen LogP contribution in [0.3, 0.4) is 0 Å². The average Bonchev–Trinajstić information content (AvgIpc) is 1.82. The maximum absolute atomic E-state index is 10.8. The quantitative estimate of drug-likeness (QED) is 0.343. The molecule has 2 radical (unpaired) electrons. The molecule has 0 aliphatic rings. The van der Waals surface area contributed by atoms with Gasteiger partial charge in [0.1, 0.15) is 6.61 Å². The summed E-state index contributed by atoms with van der Waals surface area (Å²) in [5, 5.41) is 0. The van der Waals surface area contributed by atoms with E-state index in [-0.39, 0.29) is 47.0 Å². The van der Waals surface area contributed by atoms with E-state index in [4.69, 9.17) is 4.74 Å². The number of carbonyl (C=O) groups is 1. The molecule has 0 N–H and O–H groups in total. The van der Waals surface area contributed by atoms with Gasteiger partial charge in [0.25, 0.3) is 0 Å². The van der Waals surface area contributed by atoms with Crippen LogP contribution in [0, 0.1) is 5.92 Å². The van der Waals surface area contributed by atoms with Gasteiger partial charge in [-0.1, -0.05) is 13.8 Å². The molecule has 0 aliphatic heterocycles. The van der Waals surface area contributed by atoms with Gasteiger partial charge in [0, 0.05) is 0 Å². The van der Waals surface area contributed by atoms with E-state index in [0.29, 0.717) is 0 Å². The van der Waals surface area contributed by atoms with Gasteiger partial charge in [-0.2, -0.15) is 25.3 Å². The summed E-state index contributed by atoms with van der Waals surface area (Å²) in [5.41, 5.74) is 0. The van der Waals surface area contributed by atoms with E-state index >= 15 is 0 Å². The van der Waals surface area contributed by atoms with Gasteiger partial charge >= 0.3 is 29.9 Å². The summed E-state index contributed by atoms with van der Waals surface area (Å²) in [6.45, 7) is 3.84. The fraction of sp³-hybridized carbons (Fsp3) is 0.833. The normalized spacial score (nSPS) is 9.64. The third-order valence-electron chi connectivity index (χ3n) is 0.846. The molecule has 5 heteroatoms. The van der Waals surface area contributed by atoms with Crippen LogP contribution in [0.5, 0.6) is 0 Å². The van der Waals surface area contributed by atoms with E-state index in [1.165, 1.54) is 0 Å². The van der Waals surface area contributed by atoms with Crippen molar-refractivity contribution in [1.82, 2.24) is 0 Å². The summed E-state index contributed by atoms with van der Waals surface area (Å²) >= 11 is 7.86. The first-order chi connectivity index (χ1) is 4.54. The van der Waals surface area contributed by atoms with E-state index < -0.39 is 0 Å². The number of thiol groups is 2. The van der Waals surface area contributed by atoms with Crippen molar-refractivity contribution in [3.63, 3.8) is 0 Å². The zero-order valence-electron chi connectivity index (χ0n) is 6.78. The first-order valence-corrected chi connectivity index (χ1v) is 4.10. The maximum atomic E-state index is 10.8. The van der Waals surface area contributed by atoms with Crippen LogP contribution in [-0.2, 0) is 9.53 Å². The van der Waals surface area contributed by atoms with Gasteiger partial charge in [-0.05, 0) is 0 Å². The Morgan fingerprint density at radius 1 is 1.45 bits per heavy atom. The SMILES string of the molecule is CC(C)C(=O)OCC(S)S.[SnH2]. The van der Waals surface area contributed by atoms with Crippen LogP contribution in [0.15, 0.2) is 0 Å².